The number of nitrogens with zero attached hydrogens (tertiary/aromatic N) is 2. The van der Waals surface area contributed by atoms with Crippen LogP contribution in [0.15, 0.2) is 72.8 Å². The standard InChI is InChI=1S/C28H24Cl2N4O3/c29-20-10-8-18(9-11-20)27(36)32-21-12-13-22(26(35)14-21)24-15-25(17-5-3-6-17)34(33-24)28(37)31-16-19-4-1-2-7-23(19)30/h1-2,4,7-15,17,35H,3,5-6,16H2,(H,31,37)(H,32,36). The molecule has 1 heterocycles. The number of nitrogens with one attached hydrogen (secondary N) is 2. The van der Waals surface area contributed by atoms with Crippen LogP contribution in [0.25, 0.3) is 11.3 Å². The monoisotopic (exact) mass is 534 g/mol. The first-order chi connectivity index (χ1) is 17.9. The summed E-state index contributed by atoms with van der Waals surface area (Å²) < 4.78 is 1.38. The fraction of sp³-hybridized carbons (Fsp3) is 0.179. The molecule has 0 spiro atoms. The number of aromatic hydroxyl groups is 1. The van der Waals surface area contributed by atoms with Gasteiger partial charge in [0.2, 0.25) is 0 Å². The molecule has 1 aromatic heterocycles. The van der Waals surface area contributed by atoms with Crippen LogP contribution < -0.4 is 10.6 Å². The van der Waals surface area contributed by atoms with Crippen LogP contribution in [0.1, 0.15) is 46.8 Å². The van der Waals surface area contributed by atoms with Crippen LogP contribution in [0.4, 0.5) is 10.5 Å². The van der Waals surface area contributed by atoms with Gasteiger partial charge in [0.15, 0.2) is 0 Å². The van der Waals surface area contributed by atoms with Crippen molar-refractivity contribution in [3.8, 4) is 17.0 Å². The molecule has 5 rings (SSSR count). The van der Waals surface area contributed by atoms with Crippen LogP contribution in [0.5, 0.6) is 5.75 Å². The third-order valence-electron chi connectivity index (χ3n) is 6.48. The average molecular weight is 535 g/mol. The Kier molecular flexibility index (Phi) is 7.17. The molecule has 1 aliphatic carbocycles. The van der Waals surface area contributed by atoms with Gasteiger partial charge in [0, 0.05) is 45.4 Å². The van der Waals surface area contributed by atoms with Crippen molar-refractivity contribution in [2.45, 2.75) is 31.7 Å². The lowest BCUT2D eigenvalue weighted by molar-refractivity contribution is 0.102. The summed E-state index contributed by atoms with van der Waals surface area (Å²) in [5.74, 6) is -0.155. The van der Waals surface area contributed by atoms with Crippen molar-refractivity contribution in [1.29, 1.82) is 0 Å². The van der Waals surface area contributed by atoms with Crippen LogP contribution in [0, 0.1) is 0 Å². The van der Waals surface area contributed by atoms with Crippen LogP contribution in [0.3, 0.4) is 0 Å². The first kappa shape index (κ1) is 24.9. The molecule has 188 valence electrons. The molecule has 3 N–H and O–H groups in total. The van der Waals surface area contributed by atoms with Gasteiger partial charge in [-0.2, -0.15) is 9.78 Å². The molecule has 0 aliphatic heterocycles. The molecule has 0 radical (unpaired) electrons. The van der Waals surface area contributed by atoms with E-state index in [-0.39, 0.29) is 30.2 Å². The van der Waals surface area contributed by atoms with E-state index in [1.165, 1.54) is 10.7 Å². The molecule has 0 bridgehead atoms. The van der Waals surface area contributed by atoms with Crippen molar-refractivity contribution in [3.05, 3.63) is 99.7 Å². The summed E-state index contributed by atoms with van der Waals surface area (Å²) in [6.45, 7) is 0.269. The summed E-state index contributed by atoms with van der Waals surface area (Å²) >= 11 is 12.1. The Morgan fingerprint density at radius 1 is 1.00 bits per heavy atom. The number of aromatic nitrogens is 2. The maximum atomic E-state index is 13.1. The number of carbonyl (C=O) groups excluding carboxylic acids is 2. The Bertz CT molecular complexity index is 1460. The van der Waals surface area contributed by atoms with Gasteiger partial charge in [-0.3, -0.25) is 4.79 Å². The highest BCUT2D eigenvalue weighted by atomic mass is 35.5. The smallest absolute Gasteiger partial charge is 0.342 e. The Morgan fingerprint density at radius 2 is 1.76 bits per heavy atom. The van der Waals surface area contributed by atoms with Crippen molar-refractivity contribution < 1.29 is 14.7 Å². The second-order valence-electron chi connectivity index (χ2n) is 8.94. The number of amides is 2. The minimum atomic E-state index is -0.362. The van der Waals surface area contributed by atoms with Gasteiger partial charge in [0.25, 0.3) is 5.91 Å². The lowest BCUT2D eigenvalue weighted by atomic mass is 9.82. The van der Waals surface area contributed by atoms with Gasteiger partial charge in [-0.15, -0.1) is 0 Å². The molecule has 2 amide bonds. The molecule has 4 aromatic rings. The second-order valence-corrected chi connectivity index (χ2v) is 9.78. The zero-order valence-electron chi connectivity index (χ0n) is 19.7. The maximum Gasteiger partial charge on any atom is 0.342 e. The molecule has 0 saturated heterocycles. The summed E-state index contributed by atoms with van der Waals surface area (Å²) in [5.41, 5.74) is 3.42. The van der Waals surface area contributed by atoms with Crippen LogP contribution in [-0.2, 0) is 6.54 Å². The molecule has 7 nitrogen and oxygen atoms in total. The largest absolute Gasteiger partial charge is 0.507 e. The van der Waals surface area contributed by atoms with E-state index < -0.39 is 0 Å². The van der Waals surface area contributed by atoms with Gasteiger partial charge in [-0.05, 0) is 66.9 Å². The van der Waals surface area contributed by atoms with E-state index in [0.717, 1.165) is 30.5 Å². The van der Waals surface area contributed by atoms with Crippen molar-refractivity contribution in [1.82, 2.24) is 15.1 Å². The Hall–Kier alpha value is -3.81. The molecule has 0 unspecified atom stereocenters. The first-order valence-electron chi connectivity index (χ1n) is 11.9. The zero-order chi connectivity index (χ0) is 25.9. The SMILES string of the molecule is O=C(Nc1ccc(-c2cc(C3CCC3)n(C(=O)NCc3ccccc3Cl)n2)c(O)c1)c1ccc(Cl)cc1. The Labute approximate surface area is 224 Å². The van der Waals surface area contributed by atoms with Crippen LogP contribution in [-0.4, -0.2) is 26.8 Å². The highest BCUT2D eigenvalue weighted by Crippen LogP contribution is 2.39. The number of rotatable bonds is 6. The Morgan fingerprint density at radius 3 is 2.43 bits per heavy atom. The van der Waals surface area contributed by atoms with Gasteiger partial charge in [-0.1, -0.05) is 47.8 Å². The van der Waals surface area contributed by atoms with Gasteiger partial charge in [-0.25, -0.2) is 4.79 Å². The number of hydrogen-bond acceptors (Lipinski definition) is 4. The highest BCUT2D eigenvalue weighted by Gasteiger charge is 2.27. The van der Waals surface area contributed by atoms with E-state index in [0.29, 0.717) is 32.6 Å². The number of benzene rings is 3. The molecule has 0 atom stereocenters. The van der Waals surface area contributed by atoms with Gasteiger partial charge < -0.3 is 15.7 Å². The third kappa shape index (κ3) is 5.48. The van der Waals surface area contributed by atoms with E-state index in [4.69, 9.17) is 23.2 Å². The average Bonchev–Trinajstić information content (AvgIpc) is 3.27. The van der Waals surface area contributed by atoms with Crippen molar-refractivity contribution in [2.75, 3.05) is 5.32 Å². The quantitative estimate of drug-likeness (QED) is 0.252. The number of phenolic OH excluding ortho intramolecular Hbond substituents is 1. The van der Waals surface area contributed by atoms with Gasteiger partial charge in [0.05, 0.1) is 11.4 Å². The minimum absolute atomic E-state index is 0.0600. The summed E-state index contributed by atoms with van der Waals surface area (Å²) in [6, 6.07) is 20.2. The number of halogens is 2. The predicted octanol–water partition coefficient (Wildman–Crippen LogP) is 6.84. The van der Waals surface area contributed by atoms with E-state index in [2.05, 4.69) is 15.7 Å². The van der Waals surface area contributed by atoms with Crippen molar-refractivity contribution >= 4 is 40.8 Å². The van der Waals surface area contributed by atoms with E-state index in [9.17, 15) is 14.7 Å². The molecular formula is C28H24Cl2N4O3. The highest BCUT2D eigenvalue weighted by molar-refractivity contribution is 6.31. The molecule has 1 aliphatic rings. The maximum absolute atomic E-state index is 13.1. The normalized spacial score (nSPS) is 13.1. The predicted molar refractivity (Wildman–Crippen MR) is 144 cm³/mol. The second kappa shape index (κ2) is 10.7. The number of hydrogen-bond donors (Lipinski definition) is 3. The molecule has 1 saturated carbocycles. The van der Waals surface area contributed by atoms with Crippen molar-refractivity contribution in [3.63, 3.8) is 0 Å². The molecular weight excluding hydrogens is 511 g/mol. The topological polar surface area (TPSA) is 96.3 Å². The zero-order valence-corrected chi connectivity index (χ0v) is 21.3. The van der Waals surface area contributed by atoms with E-state index >= 15 is 0 Å². The van der Waals surface area contributed by atoms with E-state index in [1.54, 1.807) is 42.5 Å². The first-order valence-corrected chi connectivity index (χ1v) is 12.7. The van der Waals surface area contributed by atoms with Crippen LogP contribution >= 0.6 is 23.2 Å². The number of phenols is 1. The summed E-state index contributed by atoms with van der Waals surface area (Å²) in [6.07, 6.45) is 3.05. The lowest BCUT2D eigenvalue weighted by Gasteiger charge is -2.25. The molecule has 9 heteroatoms. The number of carbonyl (C=O) groups is 2. The van der Waals surface area contributed by atoms with E-state index in [1.807, 2.05) is 24.3 Å². The van der Waals surface area contributed by atoms with Gasteiger partial charge >= 0.3 is 6.03 Å². The van der Waals surface area contributed by atoms with Gasteiger partial charge in [0.1, 0.15) is 5.75 Å². The molecule has 3 aromatic carbocycles. The molecule has 1 fully saturated rings. The summed E-state index contributed by atoms with van der Waals surface area (Å²) in [5, 5.41) is 22.1. The van der Waals surface area contributed by atoms with Crippen molar-refractivity contribution in [2.24, 2.45) is 0 Å². The molecule has 37 heavy (non-hydrogen) atoms. The Balaban J connectivity index is 1.36. The third-order valence-corrected chi connectivity index (χ3v) is 7.10. The van der Waals surface area contributed by atoms with Crippen LogP contribution in [0.2, 0.25) is 10.0 Å². The minimum Gasteiger partial charge on any atom is -0.507 e. The lowest BCUT2D eigenvalue weighted by Crippen LogP contribution is -2.31. The fourth-order valence-corrected chi connectivity index (χ4v) is 4.53. The summed E-state index contributed by atoms with van der Waals surface area (Å²) in [4.78, 5) is 25.6. The number of anilines is 1. The fourth-order valence-electron chi connectivity index (χ4n) is 4.20. The summed E-state index contributed by atoms with van der Waals surface area (Å²) in [7, 11) is 0.